The van der Waals surface area contributed by atoms with Gasteiger partial charge in [-0.05, 0) is 37.1 Å². The quantitative estimate of drug-likeness (QED) is 0.285. The molecule has 150 valence electrons. The summed E-state index contributed by atoms with van der Waals surface area (Å²) in [6.45, 7) is 1.83. The molecule has 2 aromatic heterocycles. The maximum atomic E-state index is 4.45. The van der Waals surface area contributed by atoms with Crippen LogP contribution >= 0.6 is 0 Å². The highest BCUT2D eigenvalue weighted by Crippen LogP contribution is 2.10. The molecule has 0 unspecified atom stereocenters. The number of hydrogen-bond acceptors (Lipinski definition) is 4. The molecular formula is C24H34N4. The smallest absolute Gasteiger partial charge is 0.0807 e. The van der Waals surface area contributed by atoms with E-state index in [0.717, 1.165) is 24.5 Å². The minimum absolute atomic E-state index is 0.916. The molecule has 4 heteroatoms. The standard InChI is InChI=1S/C24H34N4/c1(3-5-7-11-17-25-21-23-15-9-13-19-27-23)2-4-6-8-12-18-26-22-24-16-10-14-20-28-24/h9-10,13-16,19-22H,1-8,11-12,17-18H2. The van der Waals surface area contributed by atoms with Crippen molar-refractivity contribution in [1.29, 1.82) is 0 Å². The second kappa shape index (κ2) is 15.7. The zero-order chi connectivity index (χ0) is 19.5. The fourth-order valence-electron chi connectivity index (χ4n) is 3.04. The summed E-state index contributed by atoms with van der Waals surface area (Å²) in [6.07, 6.45) is 20.4. The van der Waals surface area contributed by atoms with Crippen molar-refractivity contribution < 1.29 is 0 Å². The van der Waals surface area contributed by atoms with Crippen molar-refractivity contribution in [2.24, 2.45) is 9.98 Å². The van der Waals surface area contributed by atoms with Crippen molar-refractivity contribution in [2.45, 2.75) is 64.2 Å². The van der Waals surface area contributed by atoms with Gasteiger partial charge in [-0.2, -0.15) is 0 Å². The van der Waals surface area contributed by atoms with Gasteiger partial charge in [-0.25, -0.2) is 0 Å². The second-order valence-corrected chi connectivity index (χ2v) is 7.12. The van der Waals surface area contributed by atoms with Gasteiger partial charge in [0.2, 0.25) is 0 Å². The number of nitrogens with zero attached hydrogens (tertiary/aromatic N) is 4. The lowest BCUT2D eigenvalue weighted by molar-refractivity contribution is 0.555. The number of aliphatic imine (C=N–C) groups is 2. The molecule has 0 saturated carbocycles. The Kier molecular flexibility index (Phi) is 12.3. The second-order valence-electron chi connectivity index (χ2n) is 7.12. The van der Waals surface area contributed by atoms with Crippen LogP contribution in [0.15, 0.2) is 58.8 Å². The van der Waals surface area contributed by atoms with Gasteiger partial charge in [0.15, 0.2) is 0 Å². The summed E-state index contributed by atoms with van der Waals surface area (Å²) in [5.74, 6) is 0. The van der Waals surface area contributed by atoms with Gasteiger partial charge in [-0.15, -0.1) is 0 Å². The molecule has 2 aromatic rings. The summed E-state index contributed by atoms with van der Waals surface area (Å²) in [6, 6.07) is 11.8. The Bertz CT molecular complexity index is 593. The molecule has 0 aromatic carbocycles. The van der Waals surface area contributed by atoms with Crippen LogP contribution < -0.4 is 0 Å². The van der Waals surface area contributed by atoms with Crippen molar-refractivity contribution in [2.75, 3.05) is 13.1 Å². The highest BCUT2D eigenvalue weighted by atomic mass is 14.7. The Labute approximate surface area is 170 Å². The van der Waals surface area contributed by atoms with Gasteiger partial charge in [0.1, 0.15) is 0 Å². The topological polar surface area (TPSA) is 50.5 Å². The predicted octanol–water partition coefficient (Wildman–Crippen LogP) is 5.92. The molecule has 0 aliphatic carbocycles. The lowest BCUT2D eigenvalue weighted by Gasteiger charge is -2.02. The molecule has 0 spiro atoms. The van der Waals surface area contributed by atoms with Crippen LogP contribution in [-0.4, -0.2) is 35.5 Å². The van der Waals surface area contributed by atoms with E-state index in [4.69, 9.17) is 0 Å². The SMILES string of the molecule is C(=NCCCCCCCCCCCCN=Cc1ccccn1)c1ccccn1. The Morgan fingerprint density at radius 3 is 1.29 bits per heavy atom. The molecule has 0 fully saturated rings. The van der Waals surface area contributed by atoms with Crippen LogP contribution in [0.3, 0.4) is 0 Å². The van der Waals surface area contributed by atoms with Gasteiger partial charge in [-0.1, -0.05) is 63.5 Å². The van der Waals surface area contributed by atoms with E-state index in [1.807, 2.05) is 48.8 Å². The van der Waals surface area contributed by atoms with Gasteiger partial charge in [-0.3, -0.25) is 20.0 Å². The Morgan fingerprint density at radius 2 is 0.929 bits per heavy atom. The van der Waals surface area contributed by atoms with E-state index in [1.54, 1.807) is 12.4 Å². The summed E-state index contributed by atoms with van der Waals surface area (Å²) >= 11 is 0. The lowest BCUT2D eigenvalue weighted by Crippen LogP contribution is -1.89. The maximum absolute atomic E-state index is 4.45. The number of pyridine rings is 2. The third kappa shape index (κ3) is 11.4. The number of aromatic nitrogens is 2. The molecule has 4 nitrogen and oxygen atoms in total. The average Bonchev–Trinajstić information content (AvgIpc) is 2.75. The predicted molar refractivity (Wildman–Crippen MR) is 120 cm³/mol. The van der Waals surface area contributed by atoms with Crippen molar-refractivity contribution >= 4 is 12.4 Å². The van der Waals surface area contributed by atoms with E-state index in [2.05, 4.69) is 20.0 Å². The van der Waals surface area contributed by atoms with Crippen molar-refractivity contribution in [3.63, 3.8) is 0 Å². The monoisotopic (exact) mass is 378 g/mol. The highest BCUT2D eigenvalue weighted by Gasteiger charge is 1.93. The van der Waals surface area contributed by atoms with E-state index < -0.39 is 0 Å². The maximum Gasteiger partial charge on any atom is 0.0807 e. The van der Waals surface area contributed by atoms with Gasteiger partial charge in [0.25, 0.3) is 0 Å². The molecule has 0 amide bonds. The summed E-state index contributed by atoms with van der Waals surface area (Å²) < 4.78 is 0. The van der Waals surface area contributed by atoms with E-state index in [1.165, 1.54) is 64.2 Å². The Morgan fingerprint density at radius 1 is 0.536 bits per heavy atom. The van der Waals surface area contributed by atoms with E-state index in [9.17, 15) is 0 Å². The summed E-state index contributed by atoms with van der Waals surface area (Å²) in [7, 11) is 0. The molecule has 0 aliphatic rings. The van der Waals surface area contributed by atoms with E-state index >= 15 is 0 Å². The first kappa shape index (κ1) is 21.9. The van der Waals surface area contributed by atoms with Crippen molar-refractivity contribution in [1.82, 2.24) is 9.97 Å². The third-order valence-electron chi connectivity index (χ3n) is 4.65. The van der Waals surface area contributed by atoms with Crippen LogP contribution in [0.5, 0.6) is 0 Å². The summed E-state index contributed by atoms with van der Waals surface area (Å²) in [5, 5.41) is 0. The third-order valence-corrected chi connectivity index (χ3v) is 4.65. The number of rotatable bonds is 15. The molecule has 2 rings (SSSR count). The van der Waals surface area contributed by atoms with Crippen molar-refractivity contribution in [3.05, 3.63) is 60.2 Å². The first-order valence-corrected chi connectivity index (χ1v) is 10.8. The normalized spacial score (nSPS) is 11.6. The molecule has 0 aliphatic heterocycles. The first-order valence-electron chi connectivity index (χ1n) is 10.8. The molecule has 0 bridgehead atoms. The van der Waals surface area contributed by atoms with Gasteiger partial charge >= 0.3 is 0 Å². The van der Waals surface area contributed by atoms with Crippen LogP contribution in [0, 0.1) is 0 Å². The van der Waals surface area contributed by atoms with Crippen LogP contribution in [0.1, 0.15) is 75.6 Å². The fraction of sp³-hybridized carbons (Fsp3) is 0.500. The number of unbranched alkanes of at least 4 members (excludes halogenated alkanes) is 9. The van der Waals surface area contributed by atoms with Crippen LogP contribution in [-0.2, 0) is 0 Å². The molecule has 0 saturated heterocycles. The Hall–Kier alpha value is -2.36. The van der Waals surface area contributed by atoms with Crippen LogP contribution in [0.4, 0.5) is 0 Å². The minimum Gasteiger partial charge on any atom is -0.291 e. The summed E-state index contributed by atoms with van der Waals surface area (Å²) in [4.78, 5) is 17.4. The average molecular weight is 379 g/mol. The first-order chi connectivity index (χ1) is 13.9. The largest absolute Gasteiger partial charge is 0.291 e. The van der Waals surface area contributed by atoms with Gasteiger partial charge in [0.05, 0.1) is 11.4 Å². The van der Waals surface area contributed by atoms with Crippen LogP contribution in [0.25, 0.3) is 0 Å². The highest BCUT2D eigenvalue weighted by molar-refractivity contribution is 5.77. The zero-order valence-electron chi connectivity index (χ0n) is 17.0. The molecule has 28 heavy (non-hydrogen) atoms. The Balaban J connectivity index is 1.31. The molecule has 0 atom stereocenters. The van der Waals surface area contributed by atoms with E-state index in [-0.39, 0.29) is 0 Å². The molecule has 0 N–H and O–H groups in total. The lowest BCUT2D eigenvalue weighted by atomic mass is 10.1. The molecular weight excluding hydrogens is 344 g/mol. The molecule has 2 heterocycles. The zero-order valence-corrected chi connectivity index (χ0v) is 17.0. The van der Waals surface area contributed by atoms with E-state index in [0.29, 0.717) is 0 Å². The minimum atomic E-state index is 0.916. The summed E-state index contributed by atoms with van der Waals surface area (Å²) in [5.41, 5.74) is 1.89. The number of hydrogen-bond donors (Lipinski definition) is 0. The fourth-order valence-corrected chi connectivity index (χ4v) is 3.04. The molecule has 0 radical (unpaired) electrons. The van der Waals surface area contributed by atoms with Crippen molar-refractivity contribution in [3.8, 4) is 0 Å². The van der Waals surface area contributed by atoms with Gasteiger partial charge in [0, 0.05) is 37.9 Å². The van der Waals surface area contributed by atoms with Gasteiger partial charge < -0.3 is 0 Å². The van der Waals surface area contributed by atoms with Crippen LogP contribution in [0.2, 0.25) is 0 Å².